The van der Waals surface area contributed by atoms with Crippen molar-refractivity contribution in [3.63, 3.8) is 0 Å². The maximum absolute atomic E-state index is 11.6. The predicted octanol–water partition coefficient (Wildman–Crippen LogP) is 3.71. The quantitative estimate of drug-likeness (QED) is 0.540. The van der Waals surface area contributed by atoms with Gasteiger partial charge in [-0.15, -0.1) is 0 Å². The van der Waals surface area contributed by atoms with Crippen molar-refractivity contribution < 1.29 is 14.6 Å². The standard InChI is InChI=1S/C16H30O3/c1-12(2)8-7-9-13(3)10-11-14(17)16(4,5)15(18)19-6/h8,13-14,17H,7,9-11H2,1-6H3. The second kappa shape index (κ2) is 8.36. The lowest BCUT2D eigenvalue weighted by molar-refractivity contribution is -0.157. The molecule has 0 amide bonds. The van der Waals surface area contributed by atoms with Gasteiger partial charge in [-0.1, -0.05) is 18.6 Å². The summed E-state index contributed by atoms with van der Waals surface area (Å²) in [6, 6.07) is 0. The van der Waals surface area contributed by atoms with E-state index in [0.29, 0.717) is 12.3 Å². The van der Waals surface area contributed by atoms with Gasteiger partial charge >= 0.3 is 5.97 Å². The van der Waals surface area contributed by atoms with Crippen molar-refractivity contribution in [2.75, 3.05) is 7.11 Å². The van der Waals surface area contributed by atoms with Crippen molar-refractivity contribution in [2.24, 2.45) is 11.3 Å². The highest BCUT2D eigenvalue weighted by molar-refractivity contribution is 5.76. The number of ether oxygens (including phenoxy) is 1. The number of hydrogen-bond acceptors (Lipinski definition) is 3. The first kappa shape index (κ1) is 18.2. The Morgan fingerprint density at radius 1 is 1.26 bits per heavy atom. The first-order valence-corrected chi connectivity index (χ1v) is 7.11. The van der Waals surface area contributed by atoms with Crippen LogP contribution in [0, 0.1) is 11.3 Å². The van der Waals surface area contributed by atoms with Gasteiger partial charge in [-0.3, -0.25) is 4.79 Å². The molecule has 0 aromatic carbocycles. The van der Waals surface area contributed by atoms with Crippen LogP contribution in [0.1, 0.15) is 60.3 Å². The zero-order valence-electron chi connectivity index (χ0n) is 13.3. The zero-order valence-corrected chi connectivity index (χ0v) is 13.3. The molecular weight excluding hydrogens is 240 g/mol. The van der Waals surface area contributed by atoms with Gasteiger partial charge in [-0.25, -0.2) is 0 Å². The van der Waals surface area contributed by atoms with E-state index in [0.717, 1.165) is 19.3 Å². The van der Waals surface area contributed by atoms with Gasteiger partial charge in [-0.05, 0) is 59.3 Å². The molecule has 19 heavy (non-hydrogen) atoms. The van der Waals surface area contributed by atoms with Gasteiger partial charge in [0.25, 0.3) is 0 Å². The van der Waals surface area contributed by atoms with Gasteiger partial charge in [0.15, 0.2) is 0 Å². The molecule has 0 radical (unpaired) electrons. The fraction of sp³-hybridized carbons (Fsp3) is 0.812. The molecule has 0 rings (SSSR count). The molecule has 3 nitrogen and oxygen atoms in total. The van der Waals surface area contributed by atoms with Crippen LogP contribution in [0.15, 0.2) is 11.6 Å². The zero-order chi connectivity index (χ0) is 15.1. The number of esters is 1. The van der Waals surface area contributed by atoms with Gasteiger partial charge < -0.3 is 9.84 Å². The first-order chi connectivity index (χ1) is 8.71. The number of aliphatic hydroxyl groups is 1. The van der Waals surface area contributed by atoms with E-state index in [2.05, 4.69) is 26.8 Å². The summed E-state index contributed by atoms with van der Waals surface area (Å²) < 4.78 is 4.73. The first-order valence-electron chi connectivity index (χ1n) is 7.11. The van der Waals surface area contributed by atoms with Crippen LogP contribution < -0.4 is 0 Å². The number of carbonyl (C=O) groups excluding carboxylic acids is 1. The second-order valence-electron chi connectivity index (χ2n) is 6.27. The fourth-order valence-electron chi connectivity index (χ4n) is 2.00. The van der Waals surface area contributed by atoms with Gasteiger partial charge in [0.1, 0.15) is 0 Å². The Kier molecular flexibility index (Phi) is 8.00. The minimum Gasteiger partial charge on any atom is -0.469 e. The van der Waals surface area contributed by atoms with Crippen molar-refractivity contribution in [1.82, 2.24) is 0 Å². The van der Waals surface area contributed by atoms with E-state index in [1.54, 1.807) is 13.8 Å². The molecular formula is C16H30O3. The molecule has 2 atom stereocenters. The molecule has 3 heteroatoms. The van der Waals surface area contributed by atoms with E-state index in [9.17, 15) is 9.90 Å². The molecule has 0 fully saturated rings. The van der Waals surface area contributed by atoms with E-state index in [1.807, 2.05) is 0 Å². The van der Waals surface area contributed by atoms with Crippen LogP contribution in [0.5, 0.6) is 0 Å². The third-order valence-electron chi connectivity index (χ3n) is 3.69. The maximum Gasteiger partial charge on any atom is 0.313 e. The number of rotatable bonds is 8. The molecule has 0 heterocycles. The summed E-state index contributed by atoms with van der Waals surface area (Å²) in [7, 11) is 1.36. The Bertz CT molecular complexity index is 301. The summed E-state index contributed by atoms with van der Waals surface area (Å²) in [6.07, 6.45) is 5.36. The van der Waals surface area contributed by atoms with E-state index in [-0.39, 0.29) is 5.97 Å². The van der Waals surface area contributed by atoms with E-state index < -0.39 is 11.5 Å². The third kappa shape index (κ3) is 6.76. The molecule has 0 bridgehead atoms. The number of allylic oxidation sites excluding steroid dienone is 2. The summed E-state index contributed by atoms with van der Waals surface area (Å²) in [6.45, 7) is 9.87. The average molecular weight is 270 g/mol. The Balaban J connectivity index is 4.11. The third-order valence-corrected chi connectivity index (χ3v) is 3.69. The Hall–Kier alpha value is -0.830. The molecule has 0 aliphatic rings. The largest absolute Gasteiger partial charge is 0.469 e. The highest BCUT2D eigenvalue weighted by Crippen LogP contribution is 2.27. The Labute approximate surface area is 118 Å². The number of methoxy groups -OCH3 is 1. The van der Waals surface area contributed by atoms with Crippen LogP contribution in [-0.2, 0) is 9.53 Å². The van der Waals surface area contributed by atoms with Crippen LogP contribution in [0.2, 0.25) is 0 Å². The fourth-order valence-corrected chi connectivity index (χ4v) is 2.00. The maximum atomic E-state index is 11.6. The highest BCUT2D eigenvalue weighted by Gasteiger charge is 2.36. The lowest BCUT2D eigenvalue weighted by atomic mass is 9.82. The second-order valence-corrected chi connectivity index (χ2v) is 6.27. The lowest BCUT2D eigenvalue weighted by Gasteiger charge is -2.28. The molecule has 0 aromatic rings. The van der Waals surface area contributed by atoms with Crippen LogP contribution in [0.3, 0.4) is 0 Å². The molecule has 2 unspecified atom stereocenters. The smallest absolute Gasteiger partial charge is 0.313 e. The van der Waals surface area contributed by atoms with Crippen molar-refractivity contribution >= 4 is 5.97 Å². The number of carbonyl (C=O) groups is 1. The van der Waals surface area contributed by atoms with Gasteiger partial charge in [0.2, 0.25) is 0 Å². The van der Waals surface area contributed by atoms with E-state index in [1.165, 1.54) is 12.7 Å². The molecule has 112 valence electrons. The summed E-state index contributed by atoms with van der Waals surface area (Å²) in [4.78, 5) is 11.6. The molecule has 0 saturated carbocycles. The van der Waals surface area contributed by atoms with Crippen LogP contribution in [-0.4, -0.2) is 24.3 Å². The number of hydrogen-bond donors (Lipinski definition) is 1. The van der Waals surface area contributed by atoms with Crippen LogP contribution in [0.4, 0.5) is 0 Å². The van der Waals surface area contributed by atoms with E-state index >= 15 is 0 Å². The van der Waals surface area contributed by atoms with Crippen molar-refractivity contribution in [1.29, 1.82) is 0 Å². The van der Waals surface area contributed by atoms with Crippen molar-refractivity contribution in [2.45, 2.75) is 66.4 Å². The molecule has 1 N–H and O–H groups in total. The summed E-state index contributed by atoms with van der Waals surface area (Å²) in [5.74, 6) is 0.205. The van der Waals surface area contributed by atoms with Gasteiger partial charge in [0, 0.05) is 0 Å². The van der Waals surface area contributed by atoms with E-state index in [4.69, 9.17) is 4.74 Å². The highest BCUT2D eigenvalue weighted by atomic mass is 16.5. The Morgan fingerprint density at radius 3 is 2.32 bits per heavy atom. The molecule has 0 aliphatic carbocycles. The summed E-state index contributed by atoms with van der Waals surface area (Å²) in [5.41, 5.74) is 0.521. The SMILES string of the molecule is COC(=O)C(C)(C)C(O)CCC(C)CCC=C(C)C. The van der Waals surface area contributed by atoms with Crippen molar-refractivity contribution in [3.8, 4) is 0 Å². The predicted molar refractivity (Wildman–Crippen MR) is 78.9 cm³/mol. The molecule has 0 aliphatic heterocycles. The monoisotopic (exact) mass is 270 g/mol. The molecule has 0 spiro atoms. The minimum absolute atomic E-state index is 0.350. The topological polar surface area (TPSA) is 46.5 Å². The number of aliphatic hydroxyl groups excluding tert-OH is 1. The van der Waals surface area contributed by atoms with Crippen molar-refractivity contribution in [3.05, 3.63) is 11.6 Å². The Morgan fingerprint density at radius 2 is 1.84 bits per heavy atom. The normalized spacial score (nSPS) is 14.7. The molecule has 0 saturated heterocycles. The summed E-state index contributed by atoms with van der Waals surface area (Å²) >= 11 is 0. The lowest BCUT2D eigenvalue weighted by Crippen LogP contribution is -2.38. The van der Waals surface area contributed by atoms with Crippen LogP contribution in [0.25, 0.3) is 0 Å². The average Bonchev–Trinajstić information content (AvgIpc) is 2.34. The van der Waals surface area contributed by atoms with Gasteiger partial charge in [-0.2, -0.15) is 0 Å². The molecule has 0 aromatic heterocycles. The van der Waals surface area contributed by atoms with Gasteiger partial charge in [0.05, 0.1) is 18.6 Å². The minimum atomic E-state index is -0.825. The summed E-state index contributed by atoms with van der Waals surface area (Å²) in [5, 5.41) is 10.1. The van der Waals surface area contributed by atoms with Crippen LogP contribution >= 0.6 is 0 Å².